The summed E-state index contributed by atoms with van der Waals surface area (Å²) in [4.78, 5) is 9.59. The highest BCUT2D eigenvalue weighted by atomic mass is 15.1. The van der Waals surface area contributed by atoms with Crippen molar-refractivity contribution in [2.24, 2.45) is 0 Å². The Labute approximate surface area is 257 Å². The molecule has 5 aromatic carbocycles. The number of rotatable bonds is 3. The van der Waals surface area contributed by atoms with E-state index in [1.807, 2.05) is 30.6 Å². The maximum Gasteiger partial charge on any atom is 0.145 e. The third kappa shape index (κ3) is 3.38. The molecule has 210 valence electrons. The van der Waals surface area contributed by atoms with E-state index in [1.165, 1.54) is 32.4 Å². The molecule has 0 saturated heterocycles. The van der Waals surface area contributed by atoms with Crippen molar-refractivity contribution < 1.29 is 0 Å². The van der Waals surface area contributed by atoms with Crippen LogP contribution in [0.1, 0.15) is 0 Å². The smallest absolute Gasteiger partial charge is 0.145 e. The Hall–Kier alpha value is -6.20. The first-order valence-electron chi connectivity index (χ1n) is 15.2. The molecule has 5 aromatic heterocycles. The van der Waals surface area contributed by atoms with Gasteiger partial charge in [-0.3, -0.25) is 9.13 Å². The van der Waals surface area contributed by atoms with Crippen molar-refractivity contribution in [2.45, 2.75) is 0 Å². The van der Waals surface area contributed by atoms with Crippen LogP contribution >= 0.6 is 0 Å². The van der Waals surface area contributed by atoms with E-state index in [0.717, 1.165) is 50.3 Å². The summed E-state index contributed by atoms with van der Waals surface area (Å²) >= 11 is 0. The minimum atomic E-state index is 0.909. The van der Waals surface area contributed by atoms with Crippen LogP contribution in [0.5, 0.6) is 0 Å². The fourth-order valence-corrected chi connectivity index (χ4v) is 7.27. The lowest BCUT2D eigenvalue weighted by Gasteiger charge is -2.13. The number of benzene rings is 5. The molecule has 0 radical (unpaired) electrons. The van der Waals surface area contributed by atoms with Gasteiger partial charge in [0, 0.05) is 56.1 Å². The zero-order valence-corrected chi connectivity index (χ0v) is 24.2. The summed E-state index contributed by atoms with van der Waals surface area (Å²) in [5.74, 6) is 0.909. The monoisotopic (exact) mass is 575 g/mol. The topological polar surface area (TPSA) is 40.6 Å². The lowest BCUT2D eigenvalue weighted by atomic mass is 10.1. The Kier molecular flexibility index (Phi) is 4.93. The number of para-hydroxylation sites is 3. The third-order valence-electron chi connectivity index (χ3n) is 9.12. The molecule has 0 atom stereocenters. The largest absolute Gasteiger partial charge is 0.309 e. The summed E-state index contributed by atoms with van der Waals surface area (Å²) in [7, 11) is 0. The Bertz CT molecular complexity index is 2710. The number of fused-ring (bicyclic) bond motifs is 9. The number of hydrogen-bond acceptors (Lipinski definition) is 2. The predicted octanol–water partition coefficient (Wildman–Crippen LogP) is 9.77. The summed E-state index contributed by atoms with van der Waals surface area (Å²) in [5, 5.41) is 7.25. The zero-order chi connectivity index (χ0) is 29.5. The highest BCUT2D eigenvalue weighted by molar-refractivity contribution is 6.19. The van der Waals surface area contributed by atoms with Crippen LogP contribution in [-0.4, -0.2) is 23.7 Å². The number of pyridine rings is 2. The van der Waals surface area contributed by atoms with E-state index in [1.54, 1.807) is 0 Å². The van der Waals surface area contributed by atoms with E-state index in [4.69, 9.17) is 9.97 Å². The van der Waals surface area contributed by atoms with Crippen molar-refractivity contribution in [3.8, 4) is 17.2 Å². The van der Waals surface area contributed by atoms with Gasteiger partial charge in [0.05, 0.1) is 27.6 Å². The Morgan fingerprint density at radius 3 is 1.60 bits per heavy atom. The molecule has 45 heavy (non-hydrogen) atoms. The first-order chi connectivity index (χ1) is 22.3. The van der Waals surface area contributed by atoms with E-state index in [2.05, 4.69) is 135 Å². The van der Waals surface area contributed by atoms with Crippen molar-refractivity contribution in [2.75, 3.05) is 0 Å². The Morgan fingerprint density at radius 2 is 0.889 bits per heavy atom. The SMILES string of the molecule is c1ccc(-n2c3ccccc3c3cc4c5ccccc5n(-c5cccc(-n6c7ccccc7c7cccnc76)c5)c4cc32)nc1. The number of aromatic nitrogens is 5. The fraction of sp³-hybridized carbons (Fsp3) is 0. The van der Waals surface area contributed by atoms with Crippen LogP contribution in [0, 0.1) is 0 Å². The first kappa shape index (κ1) is 24.3. The molecule has 5 heteroatoms. The summed E-state index contributed by atoms with van der Waals surface area (Å²) in [5.41, 5.74) is 8.89. The second kappa shape index (κ2) is 9.15. The van der Waals surface area contributed by atoms with Gasteiger partial charge in [-0.2, -0.15) is 0 Å². The minimum absolute atomic E-state index is 0.909. The van der Waals surface area contributed by atoms with Crippen LogP contribution in [0.2, 0.25) is 0 Å². The third-order valence-corrected chi connectivity index (χ3v) is 9.12. The van der Waals surface area contributed by atoms with Gasteiger partial charge in [0.15, 0.2) is 0 Å². The lowest BCUT2D eigenvalue weighted by Crippen LogP contribution is -1.99. The normalized spacial score (nSPS) is 12.0. The van der Waals surface area contributed by atoms with Crippen LogP contribution in [-0.2, 0) is 0 Å². The van der Waals surface area contributed by atoms with Gasteiger partial charge in [-0.05, 0) is 72.8 Å². The Balaban J connectivity index is 1.30. The molecule has 0 fully saturated rings. The molecule has 5 nitrogen and oxygen atoms in total. The summed E-state index contributed by atoms with van der Waals surface area (Å²) in [6.07, 6.45) is 3.74. The zero-order valence-electron chi connectivity index (χ0n) is 24.2. The highest BCUT2D eigenvalue weighted by Gasteiger charge is 2.19. The van der Waals surface area contributed by atoms with Gasteiger partial charge in [0.2, 0.25) is 0 Å². The lowest BCUT2D eigenvalue weighted by molar-refractivity contribution is 1.08. The number of nitrogens with zero attached hydrogens (tertiary/aromatic N) is 5. The molecule has 0 bridgehead atoms. The average Bonchev–Trinajstić information content (AvgIpc) is 3.73. The molecule has 0 saturated carbocycles. The predicted molar refractivity (Wildman–Crippen MR) is 185 cm³/mol. The summed E-state index contributed by atoms with van der Waals surface area (Å²) in [6, 6.07) is 49.7. The summed E-state index contributed by atoms with van der Waals surface area (Å²) in [6.45, 7) is 0. The second-order valence-corrected chi connectivity index (χ2v) is 11.5. The van der Waals surface area contributed by atoms with E-state index >= 15 is 0 Å². The second-order valence-electron chi connectivity index (χ2n) is 11.5. The van der Waals surface area contributed by atoms with E-state index in [0.29, 0.717) is 0 Å². The summed E-state index contributed by atoms with van der Waals surface area (Å²) < 4.78 is 6.96. The maximum atomic E-state index is 4.83. The van der Waals surface area contributed by atoms with Crippen molar-refractivity contribution in [1.29, 1.82) is 0 Å². The molecule has 0 unspecified atom stereocenters. The van der Waals surface area contributed by atoms with Gasteiger partial charge in [-0.1, -0.05) is 66.7 Å². The molecule has 10 rings (SSSR count). The van der Waals surface area contributed by atoms with Crippen LogP contribution < -0.4 is 0 Å². The minimum Gasteiger partial charge on any atom is -0.309 e. The van der Waals surface area contributed by atoms with Gasteiger partial charge in [-0.25, -0.2) is 9.97 Å². The van der Waals surface area contributed by atoms with E-state index in [-0.39, 0.29) is 0 Å². The molecule has 5 heterocycles. The van der Waals surface area contributed by atoms with E-state index in [9.17, 15) is 0 Å². The standard InChI is InChI=1S/C40H25N5/c1-5-18-35-28(13-1)31-16-10-22-42-40(31)44(35)27-12-9-11-26(23-27)43-34-17-4-2-14-29(34)32-24-33-30-15-3-6-19-36(30)45(38(33)25-37(32)43)39-20-7-8-21-41-39/h1-25H. The average molecular weight is 576 g/mol. The van der Waals surface area contributed by atoms with Crippen LogP contribution in [0.25, 0.3) is 82.7 Å². The molecule has 0 aliphatic rings. The molecule has 10 aromatic rings. The quantitative estimate of drug-likeness (QED) is 0.210. The molecule has 0 aliphatic heterocycles. The molecule has 0 amide bonds. The van der Waals surface area contributed by atoms with E-state index < -0.39 is 0 Å². The van der Waals surface area contributed by atoms with Crippen LogP contribution in [0.3, 0.4) is 0 Å². The van der Waals surface area contributed by atoms with Gasteiger partial charge in [0.1, 0.15) is 11.5 Å². The van der Waals surface area contributed by atoms with Crippen molar-refractivity contribution in [3.63, 3.8) is 0 Å². The fourth-order valence-electron chi connectivity index (χ4n) is 7.27. The first-order valence-corrected chi connectivity index (χ1v) is 15.2. The van der Waals surface area contributed by atoms with Crippen molar-refractivity contribution >= 4 is 65.5 Å². The van der Waals surface area contributed by atoms with Gasteiger partial charge in [0.25, 0.3) is 0 Å². The van der Waals surface area contributed by atoms with Crippen molar-refractivity contribution in [1.82, 2.24) is 23.7 Å². The maximum absolute atomic E-state index is 4.83. The van der Waals surface area contributed by atoms with Crippen LogP contribution in [0.15, 0.2) is 152 Å². The molecule has 0 spiro atoms. The van der Waals surface area contributed by atoms with Gasteiger partial charge in [-0.15, -0.1) is 0 Å². The number of hydrogen-bond donors (Lipinski definition) is 0. The van der Waals surface area contributed by atoms with Crippen LogP contribution in [0.4, 0.5) is 0 Å². The molecule has 0 aliphatic carbocycles. The van der Waals surface area contributed by atoms with Crippen molar-refractivity contribution in [3.05, 3.63) is 152 Å². The molecule has 0 N–H and O–H groups in total. The molecular weight excluding hydrogens is 550 g/mol. The molecular formula is C40H25N5. The van der Waals surface area contributed by atoms with Gasteiger partial charge >= 0.3 is 0 Å². The Morgan fingerprint density at radius 1 is 0.333 bits per heavy atom. The van der Waals surface area contributed by atoms with Gasteiger partial charge < -0.3 is 4.57 Å². The highest BCUT2D eigenvalue weighted by Crippen LogP contribution is 2.40.